The molecule has 0 atom stereocenters. The van der Waals surface area contributed by atoms with Gasteiger partial charge in [0.25, 0.3) is 0 Å². The van der Waals surface area contributed by atoms with E-state index in [9.17, 15) is 4.79 Å². The minimum atomic E-state index is 0.317. The Morgan fingerprint density at radius 1 is 1.17 bits per heavy atom. The van der Waals surface area contributed by atoms with E-state index in [2.05, 4.69) is 5.32 Å². The van der Waals surface area contributed by atoms with Gasteiger partial charge < -0.3 is 5.32 Å². The number of carbonyl (C=O) groups excluding carboxylic acids is 1. The number of carbonyl (C=O) groups is 1. The fourth-order valence-electron chi connectivity index (χ4n) is 1.51. The zero-order valence-corrected chi connectivity index (χ0v) is 8.03. The van der Waals surface area contributed by atoms with Gasteiger partial charge >= 0.3 is 0 Å². The second-order valence-electron chi connectivity index (χ2n) is 3.67. The summed E-state index contributed by atoms with van der Waals surface area (Å²) in [5.74, 6) is 2.98. The maximum Gasteiger partial charge on any atom is 0.223 e. The molecule has 1 aliphatic heterocycles. The van der Waals surface area contributed by atoms with Crippen molar-refractivity contribution in [1.29, 1.82) is 0 Å². The molecule has 3 heteroatoms. The van der Waals surface area contributed by atoms with Crippen molar-refractivity contribution < 1.29 is 4.79 Å². The van der Waals surface area contributed by atoms with E-state index in [0.29, 0.717) is 17.9 Å². The van der Waals surface area contributed by atoms with Crippen LogP contribution in [0.5, 0.6) is 0 Å². The topological polar surface area (TPSA) is 29.1 Å². The van der Waals surface area contributed by atoms with Crippen molar-refractivity contribution in [3.63, 3.8) is 0 Å². The van der Waals surface area contributed by atoms with Crippen LogP contribution in [0.2, 0.25) is 0 Å². The molecule has 0 spiro atoms. The predicted molar refractivity (Wildman–Crippen MR) is 51.2 cm³/mol. The Bertz CT molecular complexity index is 173. The number of hydrogen-bond acceptors (Lipinski definition) is 2. The second kappa shape index (κ2) is 3.69. The summed E-state index contributed by atoms with van der Waals surface area (Å²) in [5, 5.41) is 3.08. The molecule has 1 heterocycles. The Hall–Kier alpha value is -0.180. The van der Waals surface area contributed by atoms with Gasteiger partial charge in [0.15, 0.2) is 0 Å². The lowest BCUT2D eigenvalue weighted by Gasteiger charge is -2.20. The molecule has 2 nitrogen and oxygen atoms in total. The first-order valence-corrected chi connectivity index (χ1v) is 5.90. The maximum absolute atomic E-state index is 11.5. The Labute approximate surface area is 77.5 Å². The van der Waals surface area contributed by atoms with Crippen molar-refractivity contribution in [2.75, 3.05) is 11.5 Å². The molecule has 2 aliphatic rings. The Morgan fingerprint density at radius 2 is 1.83 bits per heavy atom. The van der Waals surface area contributed by atoms with E-state index in [4.69, 9.17) is 0 Å². The van der Waals surface area contributed by atoms with E-state index in [1.165, 1.54) is 24.3 Å². The third-order valence-corrected chi connectivity index (χ3v) is 3.56. The smallest absolute Gasteiger partial charge is 0.223 e. The Balaban J connectivity index is 1.76. The summed E-state index contributed by atoms with van der Waals surface area (Å²) in [7, 11) is 0. The van der Waals surface area contributed by atoms with Gasteiger partial charge in [-0.25, -0.2) is 0 Å². The van der Waals surface area contributed by atoms with Gasteiger partial charge in [-0.05, 0) is 37.2 Å². The molecule has 1 aliphatic carbocycles. The number of nitrogens with one attached hydrogen (secondary N) is 1. The van der Waals surface area contributed by atoms with Gasteiger partial charge in [-0.15, -0.1) is 0 Å². The zero-order chi connectivity index (χ0) is 8.39. The molecule has 0 bridgehead atoms. The molecule has 12 heavy (non-hydrogen) atoms. The highest BCUT2D eigenvalue weighted by molar-refractivity contribution is 7.99. The van der Waals surface area contributed by atoms with Gasteiger partial charge in [0, 0.05) is 12.0 Å². The van der Waals surface area contributed by atoms with Crippen molar-refractivity contribution in [3.05, 3.63) is 0 Å². The minimum absolute atomic E-state index is 0.317. The van der Waals surface area contributed by atoms with Crippen LogP contribution in [-0.2, 0) is 4.79 Å². The molecule has 0 unspecified atom stereocenters. The quantitative estimate of drug-likeness (QED) is 0.704. The van der Waals surface area contributed by atoms with E-state index in [1.807, 2.05) is 11.8 Å². The average molecular weight is 185 g/mol. The van der Waals surface area contributed by atoms with Gasteiger partial charge in [-0.2, -0.15) is 11.8 Å². The zero-order valence-electron chi connectivity index (χ0n) is 7.21. The average Bonchev–Trinajstić information content (AvgIpc) is 2.90. The monoisotopic (exact) mass is 185 g/mol. The number of hydrogen-bond donors (Lipinski definition) is 1. The van der Waals surface area contributed by atoms with E-state index < -0.39 is 0 Å². The first-order valence-electron chi connectivity index (χ1n) is 4.74. The first kappa shape index (κ1) is 8.42. The largest absolute Gasteiger partial charge is 0.353 e. The van der Waals surface area contributed by atoms with E-state index >= 15 is 0 Å². The highest BCUT2D eigenvalue weighted by atomic mass is 32.2. The normalized spacial score (nSPS) is 25.3. The van der Waals surface area contributed by atoms with Gasteiger partial charge in [-0.1, -0.05) is 0 Å². The number of thioether (sulfide) groups is 1. The lowest BCUT2D eigenvalue weighted by atomic mass is 10.0. The third-order valence-electron chi connectivity index (χ3n) is 2.52. The summed E-state index contributed by atoms with van der Waals surface area (Å²) in [4.78, 5) is 11.5. The Morgan fingerprint density at radius 3 is 2.42 bits per heavy atom. The van der Waals surface area contributed by atoms with Crippen LogP contribution in [0.4, 0.5) is 0 Å². The molecule has 1 saturated heterocycles. The molecule has 0 radical (unpaired) electrons. The van der Waals surface area contributed by atoms with Crippen LogP contribution in [-0.4, -0.2) is 23.5 Å². The summed E-state index contributed by atoms with van der Waals surface area (Å²) < 4.78 is 0. The predicted octanol–water partition coefficient (Wildman–Crippen LogP) is 1.41. The number of rotatable bonds is 2. The maximum atomic E-state index is 11.5. The summed E-state index contributed by atoms with van der Waals surface area (Å²) >= 11 is 1.97. The van der Waals surface area contributed by atoms with Crippen LogP contribution in [0, 0.1) is 5.92 Å². The van der Waals surface area contributed by atoms with Crippen molar-refractivity contribution in [2.45, 2.75) is 31.7 Å². The van der Waals surface area contributed by atoms with Crippen LogP contribution in [0.1, 0.15) is 25.7 Å². The van der Waals surface area contributed by atoms with Crippen LogP contribution in [0.3, 0.4) is 0 Å². The van der Waals surface area contributed by atoms with E-state index in [0.717, 1.165) is 12.8 Å². The Kier molecular flexibility index (Phi) is 2.59. The minimum Gasteiger partial charge on any atom is -0.353 e. The standard InChI is InChI=1S/C9H15NOS/c11-9(10-8-1-2-8)7-3-5-12-6-4-7/h7-8H,1-6H2,(H,10,11). The van der Waals surface area contributed by atoms with E-state index in [1.54, 1.807) is 0 Å². The fourth-order valence-corrected chi connectivity index (χ4v) is 2.61. The molecule has 1 N–H and O–H groups in total. The van der Waals surface area contributed by atoms with Crippen molar-refractivity contribution in [2.24, 2.45) is 5.92 Å². The molecule has 2 fully saturated rings. The number of amides is 1. The molecule has 0 aromatic carbocycles. The van der Waals surface area contributed by atoms with Gasteiger partial charge in [0.2, 0.25) is 5.91 Å². The first-order chi connectivity index (χ1) is 5.86. The molecule has 0 aromatic heterocycles. The van der Waals surface area contributed by atoms with E-state index in [-0.39, 0.29) is 0 Å². The lowest BCUT2D eigenvalue weighted by Crippen LogP contribution is -2.34. The lowest BCUT2D eigenvalue weighted by molar-refractivity contribution is -0.125. The highest BCUT2D eigenvalue weighted by Crippen LogP contribution is 2.25. The molecule has 68 valence electrons. The van der Waals surface area contributed by atoms with Crippen LogP contribution >= 0.6 is 11.8 Å². The fraction of sp³-hybridized carbons (Fsp3) is 0.889. The van der Waals surface area contributed by atoms with Crippen molar-refractivity contribution in [3.8, 4) is 0 Å². The third kappa shape index (κ3) is 2.16. The molecular formula is C9H15NOS. The molecule has 1 amide bonds. The summed E-state index contributed by atoms with van der Waals surface area (Å²) in [6.07, 6.45) is 4.58. The summed E-state index contributed by atoms with van der Waals surface area (Å²) in [6.45, 7) is 0. The van der Waals surface area contributed by atoms with Gasteiger partial charge in [0.05, 0.1) is 0 Å². The molecule has 2 rings (SSSR count). The van der Waals surface area contributed by atoms with Crippen LogP contribution < -0.4 is 5.32 Å². The van der Waals surface area contributed by atoms with Gasteiger partial charge in [0.1, 0.15) is 0 Å². The van der Waals surface area contributed by atoms with Crippen molar-refractivity contribution in [1.82, 2.24) is 5.32 Å². The van der Waals surface area contributed by atoms with Crippen LogP contribution in [0.15, 0.2) is 0 Å². The van der Waals surface area contributed by atoms with Gasteiger partial charge in [-0.3, -0.25) is 4.79 Å². The molecule has 0 aromatic rings. The van der Waals surface area contributed by atoms with Crippen molar-refractivity contribution >= 4 is 17.7 Å². The molecular weight excluding hydrogens is 170 g/mol. The second-order valence-corrected chi connectivity index (χ2v) is 4.89. The highest BCUT2D eigenvalue weighted by Gasteiger charge is 2.28. The summed E-state index contributed by atoms with van der Waals surface area (Å²) in [6, 6.07) is 0.534. The summed E-state index contributed by atoms with van der Waals surface area (Å²) in [5.41, 5.74) is 0. The van der Waals surface area contributed by atoms with Crippen LogP contribution in [0.25, 0.3) is 0 Å². The molecule has 1 saturated carbocycles. The SMILES string of the molecule is O=C(NC1CC1)C1CCSCC1.